The van der Waals surface area contributed by atoms with E-state index in [2.05, 4.69) is 25.8 Å². The summed E-state index contributed by atoms with van der Waals surface area (Å²) in [4.78, 5) is 26.0. The molecule has 0 saturated heterocycles. The third-order valence-corrected chi connectivity index (χ3v) is 4.97. The number of carbonyl (C=O) groups excluding carboxylic acids is 1. The van der Waals surface area contributed by atoms with E-state index in [1.54, 1.807) is 6.92 Å². The lowest BCUT2D eigenvalue weighted by atomic mass is 10.2. The summed E-state index contributed by atoms with van der Waals surface area (Å²) in [5, 5.41) is 19.7. The zero-order chi connectivity index (χ0) is 15.9. The Bertz CT molecular complexity index is 925. The van der Waals surface area contributed by atoms with Gasteiger partial charge in [-0.3, -0.25) is 14.9 Å². The molecule has 0 bridgehead atoms. The average Bonchev–Trinajstić information content (AvgIpc) is 2.98. The minimum atomic E-state index is -0.392. The van der Waals surface area contributed by atoms with Crippen LogP contribution in [0.5, 0.6) is 0 Å². The largest absolute Gasteiger partial charge is 0.299 e. The molecule has 1 amide bonds. The Hall–Kier alpha value is -2.20. The lowest BCUT2D eigenvalue weighted by molar-refractivity contribution is -0.117. The van der Waals surface area contributed by atoms with E-state index < -0.39 is 5.91 Å². The highest BCUT2D eigenvalue weighted by Crippen LogP contribution is 2.24. The second kappa shape index (κ2) is 5.54. The van der Waals surface area contributed by atoms with Crippen molar-refractivity contribution in [1.29, 1.82) is 0 Å². The molecule has 3 aromatic rings. The summed E-state index contributed by atoms with van der Waals surface area (Å²) in [5.74, 6) is -0.392. The van der Waals surface area contributed by atoms with Crippen LogP contribution in [0.2, 0.25) is 0 Å². The number of fused-ring (bicyclic) bond motifs is 1. The first-order valence-corrected chi connectivity index (χ1v) is 8.02. The number of aryl methyl sites for hydroxylation is 3. The molecular formula is C12H12N6O2S2. The number of hydrogen-bond acceptors (Lipinski definition) is 8. The van der Waals surface area contributed by atoms with E-state index in [1.165, 1.54) is 22.7 Å². The molecule has 3 rings (SSSR count). The van der Waals surface area contributed by atoms with E-state index in [0.29, 0.717) is 15.3 Å². The SMILES string of the molecule is Cc1nnc(NC(=O)Cn2nnc3sc(C)c(C)c3c2=O)s1. The van der Waals surface area contributed by atoms with Gasteiger partial charge in [0, 0.05) is 4.88 Å². The number of carbonyl (C=O) groups is 1. The maximum absolute atomic E-state index is 12.4. The van der Waals surface area contributed by atoms with E-state index in [4.69, 9.17) is 0 Å². The van der Waals surface area contributed by atoms with Crippen LogP contribution in [0.15, 0.2) is 4.79 Å². The minimum absolute atomic E-state index is 0.214. The molecule has 0 atom stereocenters. The molecule has 8 nitrogen and oxygen atoms in total. The van der Waals surface area contributed by atoms with Gasteiger partial charge < -0.3 is 0 Å². The summed E-state index contributed by atoms with van der Waals surface area (Å²) >= 11 is 2.69. The molecule has 0 aliphatic carbocycles. The van der Waals surface area contributed by atoms with Gasteiger partial charge in [-0.25, -0.2) is 4.68 Å². The van der Waals surface area contributed by atoms with Gasteiger partial charge in [-0.15, -0.1) is 26.6 Å². The zero-order valence-electron chi connectivity index (χ0n) is 12.1. The number of anilines is 1. The highest BCUT2D eigenvalue weighted by Gasteiger charge is 2.15. The third kappa shape index (κ3) is 2.62. The summed E-state index contributed by atoms with van der Waals surface area (Å²) in [5.41, 5.74) is 0.573. The monoisotopic (exact) mass is 336 g/mol. The molecular weight excluding hydrogens is 324 g/mol. The number of aromatic nitrogens is 5. The highest BCUT2D eigenvalue weighted by molar-refractivity contribution is 7.18. The van der Waals surface area contributed by atoms with Crippen LogP contribution >= 0.6 is 22.7 Å². The van der Waals surface area contributed by atoms with Crippen molar-refractivity contribution in [2.45, 2.75) is 27.3 Å². The van der Waals surface area contributed by atoms with Gasteiger partial charge in [0.15, 0.2) is 4.83 Å². The highest BCUT2D eigenvalue weighted by atomic mass is 32.1. The predicted octanol–water partition coefficient (Wildman–Crippen LogP) is 1.27. The lowest BCUT2D eigenvalue weighted by Gasteiger charge is -2.03. The molecule has 0 fully saturated rings. The van der Waals surface area contributed by atoms with E-state index in [-0.39, 0.29) is 12.1 Å². The van der Waals surface area contributed by atoms with Crippen LogP contribution in [0.4, 0.5) is 5.13 Å². The van der Waals surface area contributed by atoms with Crippen molar-refractivity contribution in [3.63, 3.8) is 0 Å². The Balaban J connectivity index is 1.87. The second-order valence-electron chi connectivity index (χ2n) is 4.69. The van der Waals surface area contributed by atoms with Crippen molar-refractivity contribution < 1.29 is 4.79 Å². The molecule has 0 aliphatic rings. The smallest absolute Gasteiger partial charge is 0.279 e. The average molecular weight is 336 g/mol. The van der Waals surface area contributed by atoms with Gasteiger partial charge in [-0.2, -0.15) is 0 Å². The van der Waals surface area contributed by atoms with Crippen molar-refractivity contribution in [2.24, 2.45) is 0 Å². The van der Waals surface area contributed by atoms with E-state index in [1.807, 2.05) is 13.8 Å². The topological polar surface area (TPSA) is 103 Å². The first-order chi connectivity index (χ1) is 10.5. The molecule has 22 heavy (non-hydrogen) atoms. The first-order valence-electron chi connectivity index (χ1n) is 6.39. The van der Waals surface area contributed by atoms with Gasteiger partial charge in [0.2, 0.25) is 11.0 Å². The molecule has 0 unspecified atom stereocenters. The fourth-order valence-corrected chi connectivity index (χ4v) is 3.51. The van der Waals surface area contributed by atoms with Gasteiger partial charge in [0.25, 0.3) is 5.56 Å². The predicted molar refractivity (Wildman–Crippen MR) is 84.4 cm³/mol. The van der Waals surface area contributed by atoms with Crippen molar-refractivity contribution in [1.82, 2.24) is 25.2 Å². The first kappa shape index (κ1) is 14.7. The summed E-state index contributed by atoms with van der Waals surface area (Å²) in [6, 6.07) is 0. The van der Waals surface area contributed by atoms with Crippen LogP contribution in [0.25, 0.3) is 10.2 Å². The summed E-state index contributed by atoms with van der Waals surface area (Å²) in [6.07, 6.45) is 0. The zero-order valence-corrected chi connectivity index (χ0v) is 13.7. The number of rotatable bonds is 3. The molecule has 0 spiro atoms. The lowest BCUT2D eigenvalue weighted by Crippen LogP contribution is -2.30. The van der Waals surface area contributed by atoms with Crippen LogP contribution in [-0.4, -0.2) is 31.1 Å². The van der Waals surface area contributed by atoms with Crippen LogP contribution in [0, 0.1) is 20.8 Å². The number of hydrogen-bond donors (Lipinski definition) is 1. The maximum atomic E-state index is 12.4. The third-order valence-electron chi connectivity index (χ3n) is 3.12. The Labute approximate surface area is 132 Å². The quantitative estimate of drug-likeness (QED) is 0.772. The van der Waals surface area contributed by atoms with Crippen LogP contribution < -0.4 is 10.9 Å². The Morgan fingerprint density at radius 3 is 2.64 bits per heavy atom. The number of thiophene rings is 1. The minimum Gasteiger partial charge on any atom is -0.299 e. The fourth-order valence-electron chi connectivity index (χ4n) is 1.94. The van der Waals surface area contributed by atoms with Crippen LogP contribution in [-0.2, 0) is 11.3 Å². The fraction of sp³-hybridized carbons (Fsp3) is 0.333. The van der Waals surface area contributed by atoms with Crippen molar-refractivity contribution in [3.8, 4) is 0 Å². The van der Waals surface area contributed by atoms with E-state index in [9.17, 15) is 9.59 Å². The Morgan fingerprint density at radius 2 is 1.95 bits per heavy atom. The molecule has 0 aliphatic heterocycles. The maximum Gasteiger partial charge on any atom is 0.279 e. The molecule has 1 N–H and O–H groups in total. The molecule has 0 radical (unpaired) electrons. The summed E-state index contributed by atoms with van der Waals surface area (Å²) in [7, 11) is 0. The molecule has 3 heterocycles. The Kier molecular flexibility index (Phi) is 3.71. The van der Waals surface area contributed by atoms with Crippen molar-refractivity contribution in [2.75, 3.05) is 5.32 Å². The van der Waals surface area contributed by atoms with Crippen LogP contribution in [0.3, 0.4) is 0 Å². The van der Waals surface area contributed by atoms with Crippen molar-refractivity contribution >= 4 is 43.9 Å². The van der Waals surface area contributed by atoms with Gasteiger partial charge in [0.1, 0.15) is 11.6 Å². The normalized spacial score (nSPS) is 11.0. The van der Waals surface area contributed by atoms with Gasteiger partial charge in [-0.05, 0) is 26.3 Å². The number of nitrogens with one attached hydrogen (secondary N) is 1. The van der Waals surface area contributed by atoms with Crippen molar-refractivity contribution in [3.05, 3.63) is 25.8 Å². The summed E-state index contributed by atoms with van der Waals surface area (Å²) in [6.45, 7) is 5.37. The molecule has 114 valence electrons. The number of nitrogens with zero attached hydrogens (tertiary/aromatic N) is 5. The molecule has 10 heteroatoms. The second-order valence-corrected chi connectivity index (χ2v) is 7.07. The molecule has 0 aromatic carbocycles. The van der Waals surface area contributed by atoms with Crippen LogP contribution in [0.1, 0.15) is 15.4 Å². The number of amides is 1. The molecule has 3 aromatic heterocycles. The van der Waals surface area contributed by atoms with Gasteiger partial charge in [0.05, 0.1) is 5.39 Å². The molecule has 0 saturated carbocycles. The van der Waals surface area contributed by atoms with Gasteiger partial charge in [-0.1, -0.05) is 16.6 Å². The van der Waals surface area contributed by atoms with E-state index in [0.717, 1.165) is 20.1 Å². The van der Waals surface area contributed by atoms with Gasteiger partial charge >= 0.3 is 0 Å². The summed E-state index contributed by atoms with van der Waals surface area (Å²) < 4.78 is 1.06. The standard InChI is InChI=1S/C12H12N6O2S2/c1-5-6(2)21-10-9(5)11(20)18(17-15-10)4-8(19)13-12-16-14-7(3)22-12/h4H2,1-3H3,(H,13,16,19). The Morgan fingerprint density at radius 1 is 1.18 bits per heavy atom. The van der Waals surface area contributed by atoms with E-state index >= 15 is 0 Å².